The van der Waals surface area contributed by atoms with Gasteiger partial charge in [0.1, 0.15) is 11.7 Å². The van der Waals surface area contributed by atoms with Crippen LogP contribution in [0.5, 0.6) is 0 Å². The number of nitrogens with one attached hydrogen (secondary N) is 2. The van der Waals surface area contributed by atoms with E-state index < -0.39 is 0 Å². The summed E-state index contributed by atoms with van der Waals surface area (Å²) in [7, 11) is 0. The van der Waals surface area contributed by atoms with Gasteiger partial charge in [-0.15, -0.1) is 12.4 Å². The smallest absolute Gasteiger partial charge is 0.147 e. The minimum atomic E-state index is -0.380. The fourth-order valence-electron chi connectivity index (χ4n) is 2.00. The molecule has 0 aliphatic carbocycles. The number of hydrogen-bond acceptors (Lipinski definition) is 4. The maximum absolute atomic E-state index is 13.7. The number of nitrogen functional groups attached to an aromatic ring is 1. The Morgan fingerprint density at radius 2 is 2.10 bits per heavy atom. The number of halogens is 2. The van der Waals surface area contributed by atoms with Crippen LogP contribution >= 0.6 is 12.4 Å². The van der Waals surface area contributed by atoms with Gasteiger partial charge in [-0.3, -0.25) is 10.3 Å². The molecule has 1 fully saturated rings. The van der Waals surface area contributed by atoms with E-state index in [-0.39, 0.29) is 24.1 Å². The number of benzene rings is 1. The van der Waals surface area contributed by atoms with Gasteiger partial charge in [-0.1, -0.05) is 0 Å². The summed E-state index contributed by atoms with van der Waals surface area (Å²) in [5.41, 5.74) is 6.15. The van der Waals surface area contributed by atoms with Gasteiger partial charge in [0.2, 0.25) is 0 Å². The lowest BCUT2D eigenvalue weighted by Crippen LogP contribution is -2.39. The predicted octanol–water partition coefficient (Wildman–Crippen LogP) is 1.28. The van der Waals surface area contributed by atoms with Crippen LogP contribution < -0.4 is 11.1 Å². The highest BCUT2D eigenvalue weighted by atomic mass is 35.5. The molecule has 1 saturated heterocycles. The summed E-state index contributed by atoms with van der Waals surface area (Å²) in [6, 6.07) is 4.53. The number of rotatable bonds is 5. The largest absolute Gasteiger partial charge is 0.384 e. The van der Waals surface area contributed by atoms with Gasteiger partial charge < -0.3 is 15.8 Å². The molecule has 0 amide bonds. The van der Waals surface area contributed by atoms with Gasteiger partial charge in [0, 0.05) is 31.7 Å². The highest BCUT2D eigenvalue weighted by Crippen LogP contribution is 2.15. The van der Waals surface area contributed by atoms with E-state index in [2.05, 4.69) is 10.2 Å². The van der Waals surface area contributed by atoms with Crippen LogP contribution in [0, 0.1) is 11.2 Å². The average molecular weight is 303 g/mol. The third-order valence-electron chi connectivity index (χ3n) is 3.13. The van der Waals surface area contributed by atoms with Crippen LogP contribution in [0.15, 0.2) is 18.2 Å². The summed E-state index contributed by atoms with van der Waals surface area (Å²) in [6.45, 7) is 4.91. The van der Waals surface area contributed by atoms with E-state index in [1.54, 1.807) is 12.1 Å². The van der Waals surface area contributed by atoms with Crippen LogP contribution in [-0.2, 0) is 4.74 Å². The minimum Gasteiger partial charge on any atom is -0.384 e. The van der Waals surface area contributed by atoms with Crippen LogP contribution in [0.1, 0.15) is 5.56 Å². The van der Waals surface area contributed by atoms with Crippen molar-refractivity contribution in [1.82, 2.24) is 4.90 Å². The fourth-order valence-corrected chi connectivity index (χ4v) is 2.00. The zero-order valence-corrected chi connectivity index (χ0v) is 12.0. The molecule has 0 radical (unpaired) electrons. The third kappa shape index (κ3) is 4.63. The van der Waals surface area contributed by atoms with E-state index in [4.69, 9.17) is 15.9 Å². The van der Waals surface area contributed by atoms with Crippen molar-refractivity contribution in [3.63, 3.8) is 0 Å². The lowest BCUT2D eigenvalue weighted by molar-refractivity contribution is 0.0398. The fraction of sp³-hybridized carbons (Fsp3) is 0.462. The zero-order chi connectivity index (χ0) is 13.7. The van der Waals surface area contributed by atoms with Gasteiger partial charge in [0.15, 0.2) is 0 Å². The molecule has 0 spiro atoms. The summed E-state index contributed by atoms with van der Waals surface area (Å²) >= 11 is 0. The summed E-state index contributed by atoms with van der Waals surface area (Å²) in [5, 5.41) is 10.3. The van der Waals surface area contributed by atoms with Gasteiger partial charge >= 0.3 is 0 Å². The molecule has 7 heteroatoms. The van der Waals surface area contributed by atoms with Crippen molar-refractivity contribution in [2.24, 2.45) is 5.73 Å². The molecule has 0 aromatic heterocycles. The van der Waals surface area contributed by atoms with Crippen molar-refractivity contribution in [3.8, 4) is 0 Å². The maximum atomic E-state index is 13.7. The molecule has 1 aromatic carbocycles. The summed E-state index contributed by atoms with van der Waals surface area (Å²) in [4.78, 5) is 2.28. The van der Waals surface area contributed by atoms with E-state index in [0.29, 0.717) is 17.8 Å². The van der Waals surface area contributed by atoms with Crippen molar-refractivity contribution >= 4 is 23.9 Å². The molecule has 5 nitrogen and oxygen atoms in total. The lowest BCUT2D eigenvalue weighted by atomic mass is 10.2. The van der Waals surface area contributed by atoms with Crippen LogP contribution in [0.4, 0.5) is 10.1 Å². The highest BCUT2D eigenvalue weighted by molar-refractivity contribution is 5.95. The monoisotopic (exact) mass is 302 g/mol. The van der Waals surface area contributed by atoms with Crippen molar-refractivity contribution in [2.45, 2.75) is 0 Å². The van der Waals surface area contributed by atoms with E-state index in [9.17, 15) is 4.39 Å². The number of morpholine rings is 1. The molecule has 4 N–H and O–H groups in total. The van der Waals surface area contributed by atoms with Crippen molar-refractivity contribution < 1.29 is 9.13 Å². The van der Waals surface area contributed by atoms with Crippen LogP contribution in [0.25, 0.3) is 0 Å². The Morgan fingerprint density at radius 3 is 2.70 bits per heavy atom. The molecule has 1 aliphatic rings. The Balaban J connectivity index is 0.00000200. The minimum absolute atomic E-state index is 0. The van der Waals surface area contributed by atoms with Crippen molar-refractivity contribution in [2.75, 3.05) is 44.7 Å². The van der Waals surface area contributed by atoms with Gasteiger partial charge in [0.25, 0.3) is 0 Å². The first kappa shape index (κ1) is 16.7. The molecule has 0 bridgehead atoms. The van der Waals surface area contributed by atoms with Crippen LogP contribution in [0.3, 0.4) is 0 Å². The Kier molecular flexibility index (Phi) is 6.70. The Hall–Kier alpha value is -1.37. The summed E-state index contributed by atoms with van der Waals surface area (Å²) < 4.78 is 19.0. The number of amidine groups is 1. The SMILES string of the molecule is Cl.N=C(N)c1ccc(NCCN2CCOCC2)c(F)c1. The topological polar surface area (TPSA) is 74.4 Å². The van der Waals surface area contributed by atoms with E-state index in [0.717, 1.165) is 32.8 Å². The molecule has 20 heavy (non-hydrogen) atoms. The molecule has 1 aromatic rings. The van der Waals surface area contributed by atoms with Crippen LogP contribution in [-0.4, -0.2) is 50.1 Å². The zero-order valence-electron chi connectivity index (χ0n) is 11.2. The predicted molar refractivity (Wildman–Crippen MR) is 80.4 cm³/mol. The molecular formula is C13H20ClFN4O. The van der Waals surface area contributed by atoms with Gasteiger partial charge in [-0.25, -0.2) is 4.39 Å². The first-order valence-corrected chi connectivity index (χ1v) is 6.35. The lowest BCUT2D eigenvalue weighted by Gasteiger charge is -2.26. The molecule has 2 rings (SSSR count). The quantitative estimate of drug-likeness (QED) is 0.566. The van der Waals surface area contributed by atoms with E-state index >= 15 is 0 Å². The molecular weight excluding hydrogens is 283 g/mol. The summed E-state index contributed by atoms with van der Waals surface area (Å²) in [6.07, 6.45) is 0. The van der Waals surface area contributed by atoms with Crippen molar-refractivity contribution in [3.05, 3.63) is 29.6 Å². The standard InChI is InChI=1S/C13H19FN4O.ClH/c14-11-9-10(13(15)16)1-2-12(11)17-3-4-18-5-7-19-8-6-18;/h1-2,9,17H,3-8H2,(H3,15,16);1H. The number of ether oxygens (including phenoxy) is 1. The number of anilines is 1. The van der Waals surface area contributed by atoms with Gasteiger partial charge in [0.05, 0.1) is 18.9 Å². The first-order valence-electron chi connectivity index (χ1n) is 6.35. The molecule has 0 atom stereocenters. The molecule has 0 unspecified atom stereocenters. The Labute approximate surface area is 124 Å². The average Bonchev–Trinajstić information content (AvgIpc) is 2.41. The van der Waals surface area contributed by atoms with E-state index in [1.165, 1.54) is 6.07 Å². The molecule has 1 heterocycles. The van der Waals surface area contributed by atoms with E-state index in [1.807, 2.05) is 0 Å². The summed E-state index contributed by atoms with van der Waals surface area (Å²) in [5.74, 6) is -0.506. The molecule has 1 aliphatic heterocycles. The Morgan fingerprint density at radius 1 is 1.40 bits per heavy atom. The highest BCUT2D eigenvalue weighted by Gasteiger charge is 2.10. The molecule has 112 valence electrons. The van der Waals surface area contributed by atoms with Crippen LogP contribution in [0.2, 0.25) is 0 Å². The number of hydrogen-bond donors (Lipinski definition) is 3. The normalized spacial score (nSPS) is 15.4. The first-order chi connectivity index (χ1) is 9.16. The van der Waals surface area contributed by atoms with Gasteiger partial charge in [-0.05, 0) is 18.2 Å². The third-order valence-corrected chi connectivity index (χ3v) is 3.13. The maximum Gasteiger partial charge on any atom is 0.147 e. The second-order valence-corrected chi connectivity index (χ2v) is 4.49. The Bertz CT molecular complexity index is 452. The second kappa shape index (κ2) is 8.04. The number of nitrogens with zero attached hydrogens (tertiary/aromatic N) is 1. The second-order valence-electron chi connectivity index (χ2n) is 4.49. The number of nitrogens with two attached hydrogens (primary N) is 1. The molecule has 0 saturated carbocycles. The van der Waals surface area contributed by atoms with Crippen molar-refractivity contribution in [1.29, 1.82) is 5.41 Å². The van der Waals surface area contributed by atoms with Gasteiger partial charge in [-0.2, -0.15) is 0 Å².